The molecule has 1 fully saturated rings. The number of rotatable bonds is 5. The fraction of sp³-hybridized carbons (Fsp3) is 0.368. The lowest BCUT2D eigenvalue weighted by Crippen LogP contribution is -2.42. The average molecular weight is 344 g/mol. The number of likely N-dealkylation sites (tertiary alicyclic amines) is 1. The monoisotopic (exact) mass is 344 g/mol. The first kappa shape index (κ1) is 17.4. The van der Waals surface area contributed by atoms with Crippen LogP contribution in [0.2, 0.25) is 0 Å². The molecule has 0 saturated carbocycles. The number of carbonyl (C=O) groups excluding carboxylic acids is 1. The Balaban J connectivity index is 1.64. The van der Waals surface area contributed by atoms with Gasteiger partial charge in [-0.05, 0) is 49.2 Å². The van der Waals surface area contributed by atoms with Crippen LogP contribution in [0.25, 0.3) is 0 Å². The Bertz CT molecular complexity index is 733. The molecule has 25 heavy (non-hydrogen) atoms. The molecule has 1 aliphatic rings. The summed E-state index contributed by atoms with van der Waals surface area (Å²) in [7, 11) is 1.62. The molecular weight excluding hydrogens is 323 g/mol. The van der Waals surface area contributed by atoms with Crippen LogP contribution in [0.5, 0.6) is 5.75 Å². The molecule has 1 aromatic carbocycles. The molecule has 1 aromatic heterocycles. The van der Waals surface area contributed by atoms with Crippen LogP contribution in [0.15, 0.2) is 42.6 Å². The topological polar surface area (TPSA) is 51.7 Å². The van der Waals surface area contributed by atoms with Gasteiger partial charge in [0.15, 0.2) is 0 Å². The highest BCUT2D eigenvalue weighted by molar-refractivity contribution is 5.92. The molecule has 0 spiro atoms. The maximum atomic E-state index is 13.0. The number of pyridine rings is 1. The normalized spacial score (nSPS) is 19.9. The van der Waals surface area contributed by atoms with Crippen molar-refractivity contribution in [1.29, 1.82) is 0 Å². The molecule has 132 valence electrons. The van der Waals surface area contributed by atoms with E-state index >= 15 is 0 Å². The number of methoxy groups -OCH3 is 1. The summed E-state index contributed by atoms with van der Waals surface area (Å²) in [6.45, 7) is 3.23. The summed E-state index contributed by atoms with van der Waals surface area (Å²) in [6, 6.07) is 9.46. The summed E-state index contributed by atoms with van der Waals surface area (Å²) >= 11 is 0. The number of halogens is 1. The molecule has 0 unspecified atom stereocenters. The van der Waals surface area contributed by atoms with Gasteiger partial charge in [-0.2, -0.15) is 0 Å². The van der Waals surface area contributed by atoms with Gasteiger partial charge >= 0.3 is 0 Å². The van der Waals surface area contributed by atoms with E-state index in [1.165, 1.54) is 12.1 Å². The van der Waals surface area contributed by atoms with Crippen LogP contribution in [0.1, 0.15) is 22.5 Å². The van der Waals surface area contributed by atoms with Crippen LogP contribution < -0.4 is 4.74 Å². The first-order valence-electron chi connectivity index (χ1n) is 8.17. The molecular formula is C19H21FN2O3. The van der Waals surface area contributed by atoms with E-state index in [0.717, 1.165) is 5.56 Å². The van der Waals surface area contributed by atoms with Crippen molar-refractivity contribution in [2.24, 2.45) is 0 Å². The predicted octanol–water partition coefficient (Wildman–Crippen LogP) is 2.84. The van der Waals surface area contributed by atoms with E-state index < -0.39 is 5.60 Å². The zero-order chi connectivity index (χ0) is 17.9. The van der Waals surface area contributed by atoms with E-state index in [1.54, 1.807) is 36.4 Å². The highest BCUT2D eigenvalue weighted by Crippen LogP contribution is 2.27. The number of hydrogen-bond donors (Lipinski definition) is 0. The van der Waals surface area contributed by atoms with E-state index in [2.05, 4.69) is 4.98 Å². The predicted molar refractivity (Wildman–Crippen MR) is 91.1 cm³/mol. The maximum absolute atomic E-state index is 13.0. The fourth-order valence-electron chi connectivity index (χ4n) is 2.86. The molecule has 0 aliphatic carbocycles. The zero-order valence-corrected chi connectivity index (χ0v) is 14.4. The number of carbonyl (C=O) groups is 1. The molecule has 1 amide bonds. The van der Waals surface area contributed by atoms with Gasteiger partial charge in [-0.15, -0.1) is 0 Å². The van der Waals surface area contributed by atoms with Gasteiger partial charge in [0.25, 0.3) is 5.91 Å². The highest BCUT2D eigenvalue weighted by Gasteiger charge is 2.41. The standard InChI is InChI=1S/C19H21FN2O3/c1-14-3-8-17(21-11-14)18(23)22-10-9-19(12-22,24-2)13-25-16-6-4-15(20)5-7-16/h3-8,11H,9-10,12-13H2,1-2H3/t19-/m1/s1. The summed E-state index contributed by atoms with van der Waals surface area (Å²) < 4.78 is 24.4. The number of nitrogens with zero attached hydrogens (tertiary/aromatic N) is 2. The molecule has 2 heterocycles. The fourth-order valence-corrected chi connectivity index (χ4v) is 2.86. The lowest BCUT2D eigenvalue weighted by Gasteiger charge is -2.27. The third-order valence-corrected chi connectivity index (χ3v) is 4.48. The molecule has 6 heteroatoms. The summed E-state index contributed by atoms with van der Waals surface area (Å²) in [5.41, 5.74) is 0.864. The van der Waals surface area contributed by atoms with Gasteiger partial charge in [-0.1, -0.05) is 6.07 Å². The second-order valence-electron chi connectivity index (χ2n) is 6.33. The second kappa shape index (κ2) is 7.19. The van der Waals surface area contributed by atoms with E-state index in [-0.39, 0.29) is 11.7 Å². The summed E-state index contributed by atoms with van der Waals surface area (Å²) in [4.78, 5) is 18.5. The maximum Gasteiger partial charge on any atom is 0.272 e. The largest absolute Gasteiger partial charge is 0.491 e. The van der Waals surface area contributed by atoms with Crippen LogP contribution in [0, 0.1) is 12.7 Å². The number of aromatic nitrogens is 1. The highest BCUT2D eigenvalue weighted by atomic mass is 19.1. The van der Waals surface area contributed by atoms with Crippen molar-refractivity contribution in [3.05, 3.63) is 59.7 Å². The Morgan fingerprint density at radius 1 is 1.28 bits per heavy atom. The summed E-state index contributed by atoms with van der Waals surface area (Å²) in [5.74, 6) is 0.153. The van der Waals surface area contributed by atoms with Gasteiger partial charge in [0, 0.05) is 19.9 Å². The van der Waals surface area contributed by atoms with Gasteiger partial charge in [0.2, 0.25) is 0 Å². The molecule has 5 nitrogen and oxygen atoms in total. The van der Waals surface area contributed by atoms with Crippen molar-refractivity contribution in [3.8, 4) is 5.75 Å². The molecule has 1 aliphatic heterocycles. The molecule has 1 saturated heterocycles. The van der Waals surface area contributed by atoms with Gasteiger partial charge in [-0.3, -0.25) is 9.78 Å². The molecule has 2 aromatic rings. The van der Waals surface area contributed by atoms with Crippen molar-refractivity contribution < 1.29 is 18.7 Å². The first-order chi connectivity index (χ1) is 12.0. The summed E-state index contributed by atoms with van der Waals surface area (Å²) in [5, 5.41) is 0. The number of benzene rings is 1. The molecule has 1 atom stereocenters. The Kier molecular flexibility index (Phi) is 4.99. The van der Waals surface area contributed by atoms with Crippen LogP contribution in [0.3, 0.4) is 0 Å². The zero-order valence-electron chi connectivity index (χ0n) is 14.4. The van der Waals surface area contributed by atoms with Gasteiger partial charge in [-0.25, -0.2) is 4.39 Å². The van der Waals surface area contributed by atoms with Crippen molar-refractivity contribution in [3.63, 3.8) is 0 Å². The average Bonchev–Trinajstić information content (AvgIpc) is 3.06. The number of ether oxygens (including phenoxy) is 2. The quantitative estimate of drug-likeness (QED) is 0.837. The minimum Gasteiger partial charge on any atom is -0.491 e. The van der Waals surface area contributed by atoms with Gasteiger partial charge in [0.05, 0.1) is 6.54 Å². The second-order valence-corrected chi connectivity index (χ2v) is 6.33. The molecule has 3 rings (SSSR count). The number of amides is 1. The van der Waals surface area contributed by atoms with Crippen molar-refractivity contribution in [1.82, 2.24) is 9.88 Å². The molecule has 0 N–H and O–H groups in total. The van der Waals surface area contributed by atoms with E-state index in [0.29, 0.717) is 37.6 Å². The Morgan fingerprint density at radius 2 is 2.04 bits per heavy atom. The van der Waals surface area contributed by atoms with Crippen LogP contribution in [-0.4, -0.2) is 48.2 Å². The number of hydrogen-bond acceptors (Lipinski definition) is 4. The first-order valence-corrected chi connectivity index (χ1v) is 8.17. The van der Waals surface area contributed by atoms with Gasteiger partial charge in [0.1, 0.15) is 29.5 Å². The van der Waals surface area contributed by atoms with Crippen LogP contribution in [0.4, 0.5) is 4.39 Å². The van der Waals surface area contributed by atoms with Crippen molar-refractivity contribution >= 4 is 5.91 Å². The minimum absolute atomic E-state index is 0.110. The third-order valence-electron chi connectivity index (χ3n) is 4.48. The molecule has 0 radical (unpaired) electrons. The van der Waals surface area contributed by atoms with E-state index in [1.807, 2.05) is 13.0 Å². The Hall–Kier alpha value is -2.47. The van der Waals surface area contributed by atoms with Gasteiger partial charge < -0.3 is 14.4 Å². The van der Waals surface area contributed by atoms with E-state index in [4.69, 9.17) is 9.47 Å². The smallest absolute Gasteiger partial charge is 0.272 e. The number of aryl methyl sites for hydroxylation is 1. The summed E-state index contributed by atoms with van der Waals surface area (Å²) in [6.07, 6.45) is 2.35. The SMILES string of the molecule is CO[C@]1(COc2ccc(F)cc2)CCN(C(=O)c2ccc(C)cn2)C1. The van der Waals surface area contributed by atoms with E-state index in [9.17, 15) is 9.18 Å². The minimum atomic E-state index is -0.575. The lowest BCUT2D eigenvalue weighted by atomic mass is 10.0. The van der Waals surface area contributed by atoms with Crippen molar-refractivity contribution in [2.45, 2.75) is 18.9 Å². The van der Waals surface area contributed by atoms with Crippen LogP contribution in [-0.2, 0) is 4.74 Å². The molecule has 0 bridgehead atoms. The Labute approximate surface area is 146 Å². The van der Waals surface area contributed by atoms with Crippen molar-refractivity contribution in [2.75, 3.05) is 26.8 Å². The third kappa shape index (κ3) is 3.96. The van der Waals surface area contributed by atoms with Crippen LogP contribution >= 0.6 is 0 Å². The lowest BCUT2D eigenvalue weighted by molar-refractivity contribution is -0.0343. The Morgan fingerprint density at radius 3 is 2.68 bits per heavy atom.